The molecule has 0 aliphatic rings. The molecule has 0 fully saturated rings. The highest BCUT2D eigenvalue weighted by molar-refractivity contribution is 7.92. The van der Waals surface area contributed by atoms with Crippen LogP contribution in [-0.2, 0) is 32.6 Å². The molecule has 0 atom stereocenters. The second kappa shape index (κ2) is 12.3. The number of aryl methyl sites for hydroxylation is 1. The van der Waals surface area contributed by atoms with Crippen LogP contribution in [0.4, 0.5) is 28.9 Å². The molecule has 0 aliphatic heterocycles. The van der Waals surface area contributed by atoms with Crippen LogP contribution < -0.4 is 14.8 Å². The highest BCUT2D eigenvalue weighted by Crippen LogP contribution is 2.39. The number of sulfonamides is 1. The Balaban J connectivity index is 1.67. The number of sulfone groups is 1. The van der Waals surface area contributed by atoms with Gasteiger partial charge in [0.05, 0.1) is 27.3 Å². The zero-order chi connectivity index (χ0) is 32.6. The number of benzene rings is 2. The van der Waals surface area contributed by atoms with E-state index in [1.807, 2.05) is 0 Å². The molecule has 44 heavy (non-hydrogen) atoms. The number of hydrogen-bond donors (Lipinski definition) is 2. The molecule has 0 radical (unpaired) electrons. The molecular formula is C27H22ClF4N3O6S3. The highest BCUT2D eigenvalue weighted by atomic mass is 35.5. The summed E-state index contributed by atoms with van der Waals surface area (Å²) in [5.74, 6) is -1.85. The van der Waals surface area contributed by atoms with Crippen molar-refractivity contribution in [3.05, 3.63) is 86.4 Å². The summed E-state index contributed by atoms with van der Waals surface area (Å²) in [6.07, 6.45) is -2.35. The first-order chi connectivity index (χ1) is 20.3. The zero-order valence-electron chi connectivity index (χ0n) is 22.9. The van der Waals surface area contributed by atoms with Gasteiger partial charge in [0.15, 0.2) is 9.84 Å². The Kier molecular flexibility index (Phi) is 9.30. The standard InChI is InChI=1S/C27H22ClF4N3O6S3/c1-14-22(11-24(42-14)26(36)34-19-7-17(28)8-20(10-19)35-44(3,39)40)25-23(6-16(12-33-25)27(30,31)32)41-13-15-4-18(29)9-21(5-15)43(2,37)38/h4-12,35H,13H2,1-3H3,(H,34,36). The van der Waals surface area contributed by atoms with Crippen molar-refractivity contribution in [2.75, 3.05) is 22.6 Å². The van der Waals surface area contributed by atoms with Gasteiger partial charge in [-0.1, -0.05) is 11.6 Å². The Bertz CT molecular complexity index is 1980. The predicted molar refractivity (Wildman–Crippen MR) is 159 cm³/mol. The largest absolute Gasteiger partial charge is 0.487 e. The van der Waals surface area contributed by atoms with Gasteiger partial charge in [-0.3, -0.25) is 14.5 Å². The molecule has 4 aromatic rings. The van der Waals surface area contributed by atoms with E-state index >= 15 is 0 Å². The van der Waals surface area contributed by atoms with Gasteiger partial charge in [-0.2, -0.15) is 13.2 Å². The lowest BCUT2D eigenvalue weighted by atomic mass is 10.1. The second-order valence-corrected chi connectivity index (χ2v) is 15.0. The van der Waals surface area contributed by atoms with Gasteiger partial charge >= 0.3 is 6.18 Å². The van der Waals surface area contributed by atoms with Gasteiger partial charge in [0, 0.05) is 33.6 Å². The second-order valence-electron chi connectivity index (χ2n) is 9.56. The molecule has 0 bridgehead atoms. The van der Waals surface area contributed by atoms with Gasteiger partial charge in [0.25, 0.3) is 5.91 Å². The number of thiophene rings is 1. The zero-order valence-corrected chi connectivity index (χ0v) is 26.1. The number of amides is 1. The number of rotatable bonds is 9. The summed E-state index contributed by atoms with van der Waals surface area (Å²) in [5, 5.41) is 2.73. The Labute approximate surface area is 258 Å². The van der Waals surface area contributed by atoms with E-state index in [4.69, 9.17) is 16.3 Å². The molecule has 2 aromatic carbocycles. The van der Waals surface area contributed by atoms with E-state index in [1.165, 1.54) is 24.3 Å². The van der Waals surface area contributed by atoms with Crippen LogP contribution in [0.3, 0.4) is 0 Å². The highest BCUT2D eigenvalue weighted by Gasteiger charge is 2.32. The Morgan fingerprint density at radius 2 is 1.68 bits per heavy atom. The van der Waals surface area contributed by atoms with E-state index in [2.05, 4.69) is 15.0 Å². The van der Waals surface area contributed by atoms with Gasteiger partial charge < -0.3 is 10.1 Å². The van der Waals surface area contributed by atoms with Crippen LogP contribution in [0.5, 0.6) is 5.75 Å². The fraction of sp³-hybridized carbons (Fsp3) is 0.185. The smallest absolute Gasteiger partial charge is 0.418 e. The number of nitrogens with one attached hydrogen (secondary N) is 2. The fourth-order valence-corrected chi connectivity index (χ4v) is 6.34. The van der Waals surface area contributed by atoms with Crippen molar-refractivity contribution in [2.24, 2.45) is 0 Å². The molecule has 2 N–H and O–H groups in total. The number of anilines is 2. The number of nitrogens with zero attached hydrogens (tertiary/aromatic N) is 1. The summed E-state index contributed by atoms with van der Waals surface area (Å²) in [6.45, 7) is 1.11. The van der Waals surface area contributed by atoms with Gasteiger partial charge in [-0.25, -0.2) is 21.2 Å². The summed E-state index contributed by atoms with van der Waals surface area (Å²) in [6, 6.07) is 9.11. The predicted octanol–water partition coefficient (Wildman–Crippen LogP) is 6.54. The number of carbonyl (C=O) groups is 1. The molecule has 0 saturated carbocycles. The molecule has 234 valence electrons. The van der Waals surface area contributed by atoms with Crippen LogP contribution in [0.15, 0.2) is 59.6 Å². The maximum absolute atomic E-state index is 14.1. The number of halogens is 5. The van der Waals surface area contributed by atoms with Crippen molar-refractivity contribution < 1.29 is 43.9 Å². The normalized spacial score (nSPS) is 12.2. The van der Waals surface area contributed by atoms with E-state index in [0.29, 0.717) is 17.1 Å². The molecule has 17 heteroatoms. The van der Waals surface area contributed by atoms with Crippen LogP contribution >= 0.6 is 22.9 Å². The monoisotopic (exact) mass is 691 g/mol. The summed E-state index contributed by atoms with van der Waals surface area (Å²) in [7, 11) is -7.41. The van der Waals surface area contributed by atoms with Crippen LogP contribution in [0.1, 0.15) is 25.7 Å². The van der Waals surface area contributed by atoms with Gasteiger partial charge in [0.2, 0.25) is 10.0 Å². The lowest BCUT2D eigenvalue weighted by Gasteiger charge is -2.14. The van der Waals surface area contributed by atoms with Crippen molar-refractivity contribution in [1.29, 1.82) is 0 Å². The van der Waals surface area contributed by atoms with Crippen molar-refractivity contribution in [3.8, 4) is 17.0 Å². The molecule has 4 rings (SSSR count). The molecule has 0 saturated heterocycles. The van der Waals surface area contributed by atoms with Gasteiger partial charge in [-0.15, -0.1) is 11.3 Å². The minimum Gasteiger partial charge on any atom is -0.487 e. The molecule has 0 unspecified atom stereocenters. The van der Waals surface area contributed by atoms with Crippen LogP contribution in [0.2, 0.25) is 5.02 Å². The first-order valence-corrected chi connectivity index (χ1v) is 17.2. The third-order valence-electron chi connectivity index (χ3n) is 5.79. The maximum Gasteiger partial charge on any atom is 0.418 e. The average Bonchev–Trinajstić information content (AvgIpc) is 3.26. The topological polar surface area (TPSA) is 132 Å². The molecule has 2 aromatic heterocycles. The van der Waals surface area contributed by atoms with Crippen LogP contribution in [0.25, 0.3) is 11.3 Å². The van der Waals surface area contributed by atoms with E-state index in [9.17, 15) is 39.2 Å². The summed E-state index contributed by atoms with van der Waals surface area (Å²) in [5.41, 5.74) is -0.587. The van der Waals surface area contributed by atoms with Gasteiger partial charge in [0.1, 0.15) is 23.9 Å². The minimum atomic E-state index is -4.78. The van der Waals surface area contributed by atoms with E-state index in [-0.39, 0.29) is 48.7 Å². The Hall–Kier alpha value is -3.73. The van der Waals surface area contributed by atoms with E-state index < -0.39 is 49.9 Å². The number of hydrogen-bond acceptors (Lipinski definition) is 8. The van der Waals surface area contributed by atoms with Crippen molar-refractivity contribution in [1.82, 2.24) is 4.98 Å². The minimum absolute atomic E-state index is 0.0437. The maximum atomic E-state index is 14.1. The van der Waals surface area contributed by atoms with Crippen LogP contribution in [0, 0.1) is 12.7 Å². The first-order valence-electron chi connectivity index (χ1n) is 12.2. The number of carbonyl (C=O) groups excluding carboxylic acids is 1. The van der Waals surface area contributed by atoms with E-state index in [1.54, 1.807) is 6.92 Å². The Morgan fingerprint density at radius 1 is 1.00 bits per heavy atom. The fourth-order valence-electron chi connectivity index (χ4n) is 3.95. The molecule has 1 amide bonds. The van der Waals surface area contributed by atoms with Gasteiger partial charge in [-0.05, 0) is 61.0 Å². The van der Waals surface area contributed by atoms with Crippen molar-refractivity contribution in [3.63, 3.8) is 0 Å². The molecule has 0 aliphatic carbocycles. The molecular weight excluding hydrogens is 670 g/mol. The third-order valence-corrected chi connectivity index (χ3v) is 8.76. The molecule has 0 spiro atoms. The lowest BCUT2D eigenvalue weighted by molar-refractivity contribution is -0.137. The number of pyridine rings is 1. The van der Waals surface area contributed by atoms with Crippen molar-refractivity contribution in [2.45, 2.75) is 24.6 Å². The third kappa shape index (κ3) is 8.46. The number of alkyl halides is 3. The van der Waals surface area contributed by atoms with E-state index in [0.717, 1.165) is 42.0 Å². The summed E-state index contributed by atoms with van der Waals surface area (Å²) < 4.78 is 110. The molecule has 2 heterocycles. The van der Waals surface area contributed by atoms with Crippen LogP contribution in [-0.4, -0.2) is 40.2 Å². The quantitative estimate of drug-likeness (QED) is 0.191. The number of ether oxygens (including phenoxy) is 1. The summed E-state index contributed by atoms with van der Waals surface area (Å²) in [4.78, 5) is 17.3. The lowest BCUT2D eigenvalue weighted by Crippen LogP contribution is -2.12. The average molecular weight is 692 g/mol. The Morgan fingerprint density at radius 3 is 2.32 bits per heavy atom. The first kappa shape index (κ1) is 33.2. The van der Waals surface area contributed by atoms with Crippen molar-refractivity contribution >= 4 is 60.1 Å². The SMILES string of the molecule is Cc1sc(C(=O)Nc2cc(Cl)cc(NS(C)(=O)=O)c2)cc1-c1ncc(C(F)(F)F)cc1OCc1cc(F)cc(S(C)(=O)=O)c1. The number of aromatic nitrogens is 1. The molecule has 9 nitrogen and oxygen atoms in total. The summed E-state index contributed by atoms with van der Waals surface area (Å²) >= 11 is 7.06.